The second-order valence-electron chi connectivity index (χ2n) is 5.14. The van der Waals surface area contributed by atoms with Crippen molar-refractivity contribution in [3.8, 4) is 0 Å². The minimum atomic E-state index is -0.542. The topological polar surface area (TPSA) is 102 Å². The summed E-state index contributed by atoms with van der Waals surface area (Å²) in [5, 5.41) is 20.4. The molecule has 2 aromatic rings. The summed E-state index contributed by atoms with van der Waals surface area (Å²) >= 11 is 0. The highest BCUT2D eigenvalue weighted by Crippen LogP contribution is 2.16. The van der Waals surface area contributed by atoms with Crippen LogP contribution in [0.15, 0.2) is 30.6 Å². The third-order valence-electron chi connectivity index (χ3n) is 3.53. The Morgan fingerprint density at radius 2 is 2.23 bits per heavy atom. The molecule has 0 saturated heterocycles. The predicted molar refractivity (Wildman–Crippen MR) is 77.7 cm³/mol. The number of carbonyl (C=O) groups is 1. The predicted octanol–water partition coefficient (Wildman–Crippen LogP) is 0.711. The van der Waals surface area contributed by atoms with Gasteiger partial charge in [-0.1, -0.05) is 18.2 Å². The molecule has 1 aromatic carbocycles. The van der Waals surface area contributed by atoms with E-state index in [4.69, 9.17) is 0 Å². The molecule has 1 aliphatic heterocycles. The standard InChI is InChI=1S/C14H15N5O3/c20-14(9-18-8-13(7-17-18)19(21)22)16-4-10-1-2-11-5-15-6-12(11)3-10/h1-3,7-8,15H,4-6,9H2,(H,16,20). The molecule has 0 aliphatic carbocycles. The number of hydrogen-bond acceptors (Lipinski definition) is 5. The summed E-state index contributed by atoms with van der Waals surface area (Å²) in [6, 6.07) is 6.13. The normalized spacial score (nSPS) is 12.9. The van der Waals surface area contributed by atoms with Crippen molar-refractivity contribution >= 4 is 11.6 Å². The number of nitrogens with one attached hydrogen (secondary N) is 2. The van der Waals surface area contributed by atoms with Gasteiger partial charge in [0.25, 0.3) is 0 Å². The summed E-state index contributed by atoms with van der Waals surface area (Å²) in [4.78, 5) is 21.9. The van der Waals surface area contributed by atoms with E-state index >= 15 is 0 Å². The molecule has 114 valence electrons. The summed E-state index contributed by atoms with van der Waals surface area (Å²) in [7, 11) is 0. The monoisotopic (exact) mass is 301 g/mol. The van der Waals surface area contributed by atoms with Gasteiger partial charge in [-0.05, 0) is 16.7 Å². The van der Waals surface area contributed by atoms with Crippen molar-refractivity contribution in [3.63, 3.8) is 0 Å². The maximum Gasteiger partial charge on any atom is 0.307 e. The molecular weight excluding hydrogens is 286 g/mol. The lowest BCUT2D eigenvalue weighted by molar-refractivity contribution is -0.385. The minimum absolute atomic E-state index is 0.0413. The molecule has 1 aliphatic rings. The van der Waals surface area contributed by atoms with Crippen LogP contribution in [0.5, 0.6) is 0 Å². The minimum Gasteiger partial charge on any atom is -0.350 e. The Hall–Kier alpha value is -2.74. The molecule has 22 heavy (non-hydrogen) atoms. The van der Waals surface area contributed by atoms with Crippen LogP contribution in [0.2, 0.25) is 0 Å². The van der Waals surface area contributed by atoms with Gasteiger partial charge >= 0.3 is 5.69 Å². The SMILES string of the molecule is O=C(Cn1cc([N+](=O)[O-])cn1)NCc1ccc2c(c1)CNC2. The van der Waals surface area contributed by atoms with Crippen LogP contribution in [0.4, 0.5) is 5.69 Å². The van der Waals surface area contributed by atoms with E-state index in [0.717, 1.165) is 24.8 Å². The summed E-state index contributed by atoms with van der Waals surface area (Å²) in [5.41, 5.74) is 3.45. The summed E-state index contributed by atoms with van der Waals surface area (Å²) < 4.78 is 1.25. The van der Waals surface area contributed by atoms with Crippen molar-refractivity contribution in [3.05, 3.63) is 57.4 Å². The van der Waals surface area contributed by atoms with Crippen molar-refractivity contribution < 1.29 is 9.72 Å². The number of benzene rings is 1. The second-order valence-corrected chi connectivity index (χ2v) is 5.14. The lowest BCUT2D eigenvalue weighted by atomic mass is 10.1. The van der Waals surface area contributed by atoms with Gasteiger partial charge in [-0.3, -0.25) is 19.6 Å². The smallest absolute Gasteiger partial charge is 0.307 e. The van der Waals surface area contributed by atoms with E-state index in [1.165, 1.54) is 22.0 Å². The van der Waals surface area contributed by atoms with Gasteiger partial charge in [0.1, 0.15) is 18.9 Å². The zero-order valence-electron chi connectivity index (χ0n) is 11.8. The van der Waals surface area contributed by atoms with E-state index in [1.807, 2.05) is 6.07 Å². The Bertz CT molecular complexity index is 725. The van der Waals surface area contributed by atoms with E-state index in [0.29, 0.717) is 6.54 Å². The zero-order valence-corrected chi connectivity index (χ0v) is 11.8. The highest BCUT2D eigenvalue weighted by molar-refractivity contribution is 5.75. The first kappa shape index (κ1) is 14.2. The Morgan fingerprint density at radius 3 is 3.00 bits per heavy atom. The van der Waals surface area contributed by atoms with Crippen molar-refractivity contribution in [1.82, 2.24) is 20.4 Å². The van der Waals surface area contributed by atoms with E-state index < -0.39 is 4.92 Å². The number of carbonyl (C=O) groups excluding carboxylic acids is 1. The molecule has 0 fully saturated rings. The van der Waals surface area contributed by atoms with Gasteiger partial charge in [-0.25, -0.2) is 0 Å². The molecule has 0 saturated carbocycles. The Kier molecular flexibility index (Phi) is 3.84. The molecule has 0 spiro atoms. The largest absolute Gasteiger partial charge is 0.350 e. The van der Waals surface area contributed by atoms with E-state index in [-0.39, 0.29) is 18.1 Å². The van der Waals surface area contributed by atoms with Gasteiger partial charge in [0, 0.05) is 19.6 Å². The molecule has 2 N–H and O–H groups in total. The van der Waals surface area contributed by atoms with Gasteiger partial charge in [-0.15, -0.1) is 0 Å². The third-order valence-corrected chi connectivity index (χ3v) is 3.53. The van der Waals surface area contributed by atoms with Crippen LogP contribution in [0, 0.1) is 10.1 Å². The lowest BCUT2D eigenvalue weighted by Gasteiger charge is -2.07. The number of nitrogens with zero attached hydrogens (tertiary/aromatic N) is 3. The van der Waals surface area contributed by atoms with Crippen molar-refractivity contribution in [2.45, 2.75) is 26.2 Å². The van der Waals surface area contributed by atoms with Gasteiger partial charge in [0.05, 0.1) is 4.92 Å². The molecule has 2 heterocycles. The first-order chi connectivity index (χ1) is 10.6. The van der Waals surface area contributed by atoms with Gasteiger partial charge in [-0.2, -0.15) is 5.10 Å². The summed E-state index contributed by atoms with van der Waals surface area (Å²) in [6.07, 6.45) is 2.36. The molecule has 0 atom stereocenters. The fourth-order valence-electron chi connectivity index (χ4n) is 2.40. The van der Waals surface area contributed by atoms with Crippen molar-refractivity contribution in [2.24, 2.45) is 0 Å². The quantitative estimate of drug-likeness (QED) is 0.625. The van der Waals surface area contributed by atoms with Crippen molar-refractivity contribution in [2.75, 3.05) is 0 Å². The highest BCUT2D eigenvalue weighted by atomic mass is 16.6. The molecule has 0 unspecified atom stereocenters. The van der Waals surface area contributed by atoms with Crippen LogP contribution in [0.3, 0.4) is 0 Å². The molecule has 1 aromatic heterocycles. The van der Waals surface area contributed by atoms with Gasteiger partial charge in [0.15, 0.2) is 0 Å². The highest BCUT2D eigenvalue weighted by Gasteiger charge is 2.12. The Labute approximate surface area is 126 Å². The number of hydrogen-bond donors (Lipinski definition) is 2. The van der Waals surface area contributed by atoms with E-state index in [9.17, 15) is 14.9 Å². The fourth-order valence-corrected chi connectivity index (χ4v) is 2.40. The van der Waals surface area contributed by atoms with E-state index in [1.54, 1.807) is 0 Å². The lowest BCUT2D eigenvalue weighted by Crippen LogP contribution is -2.27. The first-order valence-corrected chi connectivity index (χ1v) is 6.87. The Balaban J connectivity index is 1.54. The number of aromatic nitrogens is 2. The number of rotatable bonds is 5. The molecule has 8 heteroatoms. The second kappa shape index (κ2) is 5.94. The van der Waals surface area contributed by atoms with Crippen molar-refractivity contribution in [1.29, 1.82) is 0 Å². The molecule has 0 radical (unpaired) electrons. The third kappa shape index (κ3) is 3.12. The van der Waals surface area contributed by atoms with E-state index in [2.05, 4.69) is 27.9 Å². The van der Waals surface area contributed by atoms with Crippen LogP contribution in [0.25, 0.3) is 0 Å². The van der Waals surface area contributed by atoms with Gasteiger partial charge < -0.3 is 10.6 Å². The average Bonchev–Trinajstić information content (AvgIpc) is 3.13. The molecule has 0 bridgehead atoms. The molecule has 8 nitrogen and oxygen atoms in total. The van der Waals surface area contributed by atoms with Crippen LogP contribution >= 0.6 is 0 Å². The maximum atomic E-state index is 11.8. The molecule has 3 rings (SSSR count). The first-order valence-electron chi connectivity index (χ1n) is 6.87. The molecular formula is C14H15N5O3. The zero-order chi connectivity index (χ0) is 15.5. The average molecular weight is 301 g/mol. The van der Waals surface area contributed by atoms with Gasteiger partial charge in [0.2, 0.25) is 5.91 Å². The van der Waals surface area contributed by atoms with Crippen LogP contribution in [-0.4, -0.2) is 20.6 Å². The number of fused-ring (bicyclic) bond motifs is 1. The van der Waals surface area contributed by atoms with Crippen LogP contribution in [0.1, 0.15) is 16.7 Å². The summed E-state index contributed by atoms with van der Waals surface area (Å²) in [5.74, 6) is -0.239. The summed E-state index contributed by atoms with van der Waals surface area (Å²) in [6.45, 7) is 2.13. The number of nitro groups is 1. The fraction of sp³-hybridized carbons (Fsp3) is 0.286. The van der Waals surface area contributed by atoms with Crippen LogP contribution in [-0.2, 0) is 31.0 Å². The van der Waals surface area contributed by atoms with Crippen LogP contribution < -0.4 is 10.6 Å². The Morgan fingerprint density at radius 1 is 1.41 bits per heavy atom. The maximum absolute atomic E-state index is 11.8. The molecule has 1 amide bonds. The number of amides is 1.